The number of ether oxygens (including phenoxy) is 1. The molecule has 2 saturated carbocycles. The molecule has 0 heterocycles. The fourth-order valence-electron chi connectivity index (χ4n) is 5.31. The summed E-state index contributed by atoms with van der Waals surface area (Å²) in [7, 11) is 1.74. The molecule has 0 radical (unpaired) electrons. The van der Waals surface area contributed by atoms with Gasteiger partial charge in [-0.05, 0) is 79.5 Å². The van der Waals surface area contributed by atoms with E-state index in [-0.39, 0.29) is 0 Å². The molecule has 1 aromatic carbocycles. The molecule has 112 valence electrons. The van der Waals surface area contributed by atoms with Crippen molar-refractivity contribution in [3.05, 3.63) is 29.3 Å². The molecule has 0 bridgehead atoms. The first-order valence-corrected chi connectivity index (χ1v) is 8.47. The van der Waals surface area contributed by atoms with Crippen LogP contribution in [0.25, 0.3) is 0 Å². The lowest BCUT2D eigenvalue weighted by Gasteiger charge is -2.47. The molecule has 0 N–H and O–H groups in total. The zero-order chi connectivity index (χ0) is 14.4. The molecule has 0 aromatic heterocycles. The predicted molar refractivity (Wildman–Crippen MR) is 82.6 cm³/mol. The third-order valence-electron chi connectivity index (χ3n) is 6.24. The lowest BCUT2D eigenvalue weighted by atomic mass is 9.56. The van der Waals surface area contributed by atoms with Gasteiger partial charge < -0.3 is 4.74 Å². The van der Waals surface area contributed by atoms with Crippen LogP contribution in [0.4, 0.5) is 0 Å². The zero-order valence-corrected chi connectivity index (χ0v) is 12.8. The standard InChI is InChI=1S/C19H24O2/c1-21-13-6-8-14-12(11-13)5-7-17-15-3-2-4-19(20)18(15)10-9-16(14)17/h6,8,11,15-18H,2-5,7,9-10H2,1H3/t15-,16+,17-,18-/m0/s1. The van der Waals surface area contributed by atoms with Crippen LogP contribution >= 0.6 is 0 Å². The number of hydrogen-bond acceptors (Lipinski definition) is 2. The van der Waals surface area contributed by atoms with Crippen LogP contribution in [0.5, 0.6) is 5.75 Å². The van der Waals surface area contributed by atoms with Gasteiger partial charge in [-0.15, -0.1) is 0 Å². The molecule has 2 fully saturated rings. The van der Waals surface area contributed by atoms with Crippen molar-refractivity contribution in [1.82, 2.24) is 0 Å². The molecule has 1 aromatic rings. The van der Waals surface area contributed by atoms with Crippen molar-refractivity contribution in [3.8, 4) is 5.75 Å². The topological polar surface area (TPSA) is 26.3 Å². The molecule has 2 nitrogen and oxygen atoms in total. The Hall–Kier alpha value is -1.31. The summed E-state index contributed by atoms with van der Waals surface area (Å²) in [6.45, 7) is 0. The van der Waals surface area contributed by atoms with E-state index < -0.39 is 0 Å². The van der Waals surface area contributed by atoms with E-state index in [2.05, 4.69) is 18.2 Å². The van der Waals surface area contributed by atoms with Gasteiger partial charge in [0.25, 0.3) is 0 Å². The predicted octanol–water partition coefficient (Wildman–Crippen LogP) is 4.12. The Bertz CT molecular complexity index is 563. The Labute approximate surface area is 126 Å². The zero-order valence-electron chi connectivity index (χ0n) is 12.8. The first-order chi connectivity index (χ1) is 10.3. The second kappa shape index (κ2) is 5.15. The number of aryl methyl sites for hydroxylation is 1. The summed E-state index contributed by atoms with van der Waals surface area (Å²) in [5.74, 6) is 4.03. The quantitative estimate of drug-likeness (QED) is 0.775. The smallest absolute Gasteiger partial charge is 0.136 e. The van der Waals surface area contributed by atoms with Crippen LogP contribution in [0.15, 0.2) is 18.2 Å². The summed E-state index contributed by atoms with van der Waals surface area (Å²) in [4.78, 5) is 12.2. The molecule has 3 aliphatic carbocycles. The molecular formula is C19H24O2. The van der Waals surface area contributed by atoms with E-state index in [0.29, 0.717) is 23.5 Å². The molecule has 4 rings (SSSR count). The Morgan fingerprint density at radius 3 is 2.67 bits per heavy atom. The van der Waals surface area contributed by atoms with Gasteiger partial charge in [-0.3, -0.25) is 4.79 Å². The van der Waals surface area contributed by atoms with Crippen LogP contribution in [-0.4, -0.2) is 12.9 Å². The third kappa shape index (κ3) is 2.11. The van der Waals surface area contributed by atoms with Crippen LogP contribution in [0.2, 0.25) is 0 Å². The average Bonchev–Trinajstić information content (AvgIpc) is 2.54. The molecular weight excluding hydrogens is 260 g/mol. The van der Waals surface area contributed by atoms with E-state index in [9.17, 15) is 4.79 Å². The van der Waals surface area contributed by atoms with E-state index >= 15 is 0 Å². The molecule has 2 heteroatoms. The fourth-order valence-corrected chi connectivity index (χ4v) is 5.31. The summed E-state index contributed by atoms with van der Waals surface area (Å²) >= 11 is 0. The first kappa shape index (κ1) is 13.4. The number of rotatable bonds is 1. The van der Waals surface area contributed by atoms with E-state index in [0.717, 1.165) is 37.4 Å². The number of carbonyl (C=O) groups excluding carboxylic acids is 1. The first-order valence-electron chi connectivity index (χ1n) is 8.47. The van der Waals surface area contributed by atoms with Gasteiger partial charge in [0, 0.05) is 12.3 Å². The summed E-state index contributed by atoms with van der Waals surface area (Å²) < 4.78 is 5.37. The molecule has 0 unspecified atom stereocenters. The lowest BCUT2D eigenvalue weighted by molar-refractivity contribution is -0.130. The van der Waals surface area contributed by atoms with Crippen LogP contribution in [0, 0.1) is 17.8 Å². The Balaban J connectivity index is 1.66. The summed E-state index contributed by atoms with van der Waals surface area (Å²) in [5, 5.41) is 0. The minimum atomic E-state index is 0.389. The van der Waals surface area contributed by atoms with Gasteiger partial charge in [-0.2, -0.15) is 0 Å². The Morgan fingerprint density at radius 2 is 1.81 bits per heavy atom. The van der Waals surface area contributed by atoms with Crippen LogP contribution in [0.3, 0.4) is 0 Å². The lowest BCUT2D eigenvalue weighted by Crippen LogP contribution is -2.41. The number of Topliss-reactive ketones (excluding diaryl/α,β-unsaturated/α-hetero) is 1. The number of methoxy groups -OCH3 is 1. The van der Waals surface area contributed by atoms with Crippen molar-refractivity contribution in [2.75, 3.05) is 7.11 Å². The highest BCUT2D eigenvalue weighted by molar-refractivity contribution is 5.82. The molecule has 4 atom stereocenters. The Kier molecular flexibility index (Phi) is 3.28. The minimum Gasteiger partial charge on any atom is -0.497 e. The van der Waals surface area contributed by atoms with Crippen molar-refractivity contribution in [1.29, 1.82) is 0 Å². The third-order valence-corrected chi connectivity index (χ3v) is 6.24. The highest BCUT2D eigenvalue weighted by Gasteiger charge is 2.45. The SMILES string of the molecule is COc1ccc2c(c1)CC[C@H]1[C@@H]3CCCC(=O)[C@H]3CC[C@H]21. The Morgan fingerprint density at radius 1 is 1.00 bits per heavy atom. The van der Waals surface area contributed by atoms with Crippen LogP contribution < -0.4 is 4.74 Å². The number of hydrogen-bond donors (Lipinski definition) is 0. The van der Waals surface area contributed by atoms with Gasteiger partial charge in [0.15, 0.2) is 0 Å². The van der Waals surface area contributed by atoms with Crippen LogP contribution in [0.1, 0.15) is 55.6 Å². The maximum absolute atomic E-state index is 12.2. The highest BCUT2D eigenvalue weighted by atomic mass is 16.5. The molecule has 0 saturated heterocycles. The summed E-state index contributed by atoms with van der Waals surface area (Å²) in [6, 6.07) is 6.62. The van der Waals surface area contributed by atoms with E-state index in [1.807, 2.05) is 0 Å². The van der Waals surface area contributed by atoms with Crippen molar-refractivity contribution < 1.29 is 9.53 Å². The van der Waals surface area contributed by atoms with E-state index in [4.69, 9.17) is 4.74 Å². The van der Waals surface area contributed by atoms with Crippen LogP contribution in [-0.2, 0) is 11.2 Å². The van der Waals surface area contributed by atoms with E-state index in [1.165, 1.54) is 24.8 Å². The maximum Gasteiger partial charge on any atom is 0.136 e. The highest BCUT2D eigenvalue weighted by Crippen LogP contribution is 2.53. The number of fused-ring (bicyclic) bond motifs is 5. The van der Waals surface area contributed by atoms with Crippen molar-refractivity contribution in [3.63, 3.8) is 0 Å². The second-order valence-electron chi connectivity index (χ2n) is 7.08. The number of benzene rings is 1. The van der Waals surface area contributed by atoms with Gasteiger partial charge in [-0.1, -0.05) is 6.07 Å². The molecule has 3 aliphatic rings. The normalized spacial score (nSPS) is 34.6. The minimum absolute atomic E-state index is 0.389. The maximum atomic E-state index is 12.2. The molecule has 0 spiro atoms. The number of carbonyl (C=O) groups is 1. The number of ketones is 1. The molecule has 0 aliphatic heterocycles. The van der Waals surface area contributed by atoms with Crippen molar-refractivity contribution >= 4 is 5.78 Å². The molecule has 21 heavy (non-hydrogen) atoms. The monoisotopic (exact) mass is 284 g/mol. The van der Waals surface area contributed by atoms with Gasteiger partial charge in [0.05, 0.1) is 7.11 Å². The largest absolute Gasteiger partial charge is 0.497 e. The fraction of sp³-hybridized carbons (Fsp3) is 0.632. The van der Waals surface area contributed by atoms with Gasteiger partial charge in [0.1, 0.15) is 11.5 Å². The summed E-state index contributed by atoms with van der Waals surface area (Å²) in [5.41, 5.74) is 3.03. The summed E-state index contributed by atoms with van der Waals surface area (Å²) in [6.07, 6.45) is 7.99. The van der Waals surface area contributed by atoms with Gasteiger partial charge in [-0.25, -0.2) is 0 Å². The van der Waals surface area contributed by atoms with E-state index in [1.54, 1.807) is 12.7 Å². The van der Waals surface area contributed by atoms with Crippen molar-refractivity contribution in [2.24, 2.45) is 17.8 Å². The second-order valence-corrected chi connectivity index (χ2v) is 7.08. The van der Waals surface area contributed by atoms with Gasteiger partial charge >= 0.3 is 0 Å². The average molecular weight is 284 g/mol. The van der Waals surface area contributed by atoms with Gasteiger partial charge in [0.2, 0.25) is 0 Å². The molecule has 0 amide bonds. The van der Waals surface area contributed by atoms with Crippen molar-refractivity contribution in [2.45, 2.75) is 50.9 Å².